The minimum Gasteiger partial charge on any atom is -0.365 e. The number of aryl methyl sites for hydroxylation is 3. The van der Waals surface area contributed by atoms with Gasteiger partial charge in [0.1, 0.15) is 5.69 Å². The van der Waals surface area contributed by atoms with Crippen LogP contribution >= 0.6 is 0 Å². The SMILES string of the molecule is Cc1nn2ccccc2c1C(N)=O.FC(F)(F)c1cc(-c2cc3n(n2)CCCC3)ccn1. The maximum Gasteiger partial charge on any atom is 0.433 e. The van der Waals surface area contributed by atoms with Gasteiger partial charge in [0, 0.05) is 30.2 Å². The molecule has 1 aliphatic heterocycles. The maximum atomic E-state index is 12.6. The van der Waals surface area contributed by atoms with E-state index in [0.717, 1.165) is 43.1 Å². The second-order valence-electron chi connectivity index (χ2n) is 7.48. The van der Waals surface area contributed by atoms with E-state index in [4.69, 9.17) is 5.73 Å². The summed E-state index contributed by atoms with van der Waals surface area (Å²) in [7, 11) is 0. The van der Waals surface area contributed by atoms with Gasteiger partial charge in [-0.3, -0.25) is 14.5 Å². The monoisotopic (exact) mass is 442 g/mol. The molecule has 0 saturated carbocycles. The number of hydrogen-bond donors (Lipinski definition) is 1. The Kier molecular flexibility index (Phi) is 5.68. The lowest BCUT2D eigenvalue weighted by Crippen LogP contribution is -2.11. The van der Waals surface area contributed by atoms with Gasteiger partial charge in [-0.25, -0.2) is 4.52 Å². The van der Waals surface area contributed by atoms with Crippen molar-refractivity contribution in [2.24, 2.45) is 5.73 Å². The summed E-state index contributed by atoms with van der Waals surface area (Å²) in [5.74, 6) is -0.432. The van der Waals surface area contributed by atoms with Crippen LogP contribution in [0, 0.1) is 6.92 Å². The first-order valence-corrected chi connectivity index (χ1v) is 10.1. The molecular weight excluding hydrogens is 421 g/mol. The molecule has 7 nitrogen and oxygen atoms in total. The standard InChI is InChI=1S/C13H12F3N3.C9H9N3O/c14-13(15,16)12-7-9(4-5-17-12)11-8-10-3-1-2-6-19(10)18-11;1-6-8(9(10)13)7-4-2-3-5-12(7)11-6/h4-5,7-8H,1-3,6H2;2-5H,1H3,(H2,10,13). The lowest BCUT2D eigenvalue weighted by atomic mass is 10.1. The second-order valence-corrected chi connectivity index (χ2v) is 7.48. The van der Waals surface area contributed by atoms with Crippen molar-refractivity contribution in [1.82, 2.24) is 24.4 Å². The third-order valence-electron chi connectivity index (χ3n) is 5.22. The molecule has 0 aromatic carbocycles. The average molecular weight is 442 g/mol. The number of rotatable bonds is 2. The van der Waals surface area contributed by atoms with Gasteiger partial charge >= 0.3 is 6.18 Å². The highest BCUT2D eigenvalue weighted by molar-refractivity contribution is 6.00. The van der Waals surface area contributed by atoms with Crippen molar-refractivity contribution in [3.05, 3.63) is 71.4 Å². The highest BCUT2D eigenvalue weighted by atomic mass is 19.4. The number of aromatic nitrogens is 5. The molecule has 0 radical (unpaired) electrons. The Balaban J connectivity index is 0.000000165. The Bertz CT molecular complexity index is 1250. The number of pyridine rings is 2. The van der Waals surface area contributed by atoms with Crippen LogP contribution < -0.4 is 5.73 Å². The van der Waals surface area contributed by atoms with Crippen LogP contribution in [-0.2, 0) is 19.1 Å². The Hall–Kier alpha value is -3.69. The largest absolute Gasteiger partial charge is 0.433 e. The summed E-state index contributed by atoms with van der Waals surface area (Å²) in [5, 5.41) is 8.52. The fourth-order valence-corrected chi connectivity index (χ4v) is 3.73. The average Bonchev–Trinajstić information content (AvgIpc) is 3.34. The van der Waals surface area contributed by atoms with E-state index in [1.165, 1.54) is 6.20 Å². The third kappa shape index (κ3) is 4.34. The molecule has 0 bridgehead atoms. The van der Waals surface area contributed by atoms with E-state index in [2.05, 4.69) is 15.2 Å². The summed E-state index contributed by atoms with van der Waals surface area (Å²) in [6, 6.07) is 10.00. The van der Waals surface area contributed by atoms with Gasteiger partial charge in [0.25, 0.3) is 5.91 Å². The van der Waals surface area contributed by atoms with E-state index in [0.29, 0.717) is 22.5 Å². The van der Waals surface area contributed by atoms with E-state index in [1.807, 2.05) is 28.9 Å². The quantitative estimate of drug-likeness (QED) is 0.507. The first-order valence-electron chi connectivity index (χ1n) is 10.1. The molecule has 5 rings (SSSR count). The summed E-state index contributed by atoms with van der Waals surface area (Å²) in [4.78, 5) is 14.4. The molecule has 0 saturated heterocycles. The van der Waals surface area contributed by atoms with E-state index >= 15 is 0 Å². The molecule has 1 aliphatic rings. The molecule has 0 aliphatic carbocycles. The summed E-state index contributed by atoms with van der Waals surface area (Å²) < 4.78 is 41.4. The van der Waals surface area contributed by atoms with Crippen LogP contribution in [0.5, 0.6) is 0 Å². The maximum absolute atomic E-state index is 12.6. The number of fused-ring (bicyclic) bond motifs is 2. The number of halogens is 3. The van der Waals surface area contributed by atoms with Crippen LogP contribution in [0.2, 0.25) is 0 Å². The molecule has 0 spiro atoms. The van der Waals surface area contributed by atoms with Gasteiger partial charge in [0.2, 0.25) is 0 Å². The molecule has 4 aromatic rings. The van der Waals surface area contributed by atoms with Crippen LogP contribution in [0.1, 0.15) is 40.3 Å². The van der Waals surface area contributed by atoms with E-state index in [-0.39, 0.29) is 0 Å². The Labute approximate surface area is 181 Å². The van der Waals surface area contributed by atoms with Crippen molar-refractivity contribution in [2.75, 3.05) is 0 Å². The zero-order valence-electron chi connectivity index (χ0n) is 17.3. The molecule has 4 aromatic heterocycles. The summed E-state index contributed by atoms with van der Waals surface area (Å²) >= 11 is 0. The zero-order valence-corrected chi connectivity index (χ0v) is 17.3. The number of alkyl halides is 3. The van der Waals surface area contributed by atoms with Gasteiger partial charge in [-0.15, -0.1) is 0 Å². The van der Waals surface area contributed by atoms with Gasteiger partial charge in [0.05, 0.1) is 22.5 Å². The van der Waals surface area contributed by atoms with Gasteiger partial charge in [0.15, 0.2) is 0 Å². The number of amides is 1. The van der Waals surface area contributed by atoms with Crippen LogP contribution in [0.4, 0.5) is 13.2 Å². The number of hydrogen-bond acceptors (Lipinski definition) is 4. The second kappa shape index (κ2) is 8.45. The summed E-state index contributed by atoms with van der Waals surface area (Å²) in [5.41, 5.74) is 8.42. The predicted octanol–water partition coefficient (Wildman–Crippen LogP) is 4.04. The van der Waals surface area contributed by atoms with Gasteiger partial charge in [-0.2, -0.15) is 23.4 Å². The number of carbonyl (C=O) groups excluding carboxylic acids is 1. The van der Waals surface area contributed by atoms with Crippen molar-refractivity contribution in [2.45, 2.75) is 38.9 Å². The van der Waals surface area contributed by atoms with E-state index in [9.17, 15) is 18.0 Å². The Morgan fingerprint density at radius 1 is 1.12 bits per heavy atom. The molecule has 0 atom stereocenters. The van der Waals surface area contributed by atoms with Gasteiger partial charge < -0.3 is 5.73 Å². The molecule has 0 fully saturated rings. The van der Waals surface area contributed by atoms with Crippen molar-refractivity contribution in [3.63, 3.8) is 0 Å². The topological polar surface area (TPSA) is 91.1 Å². The third-order valence-corrected chi connectivity index (χ3v) is 5.22. The minimum absolute atomic E-state index is 0.432. The molecule has 32 heavy (non-hydrogen) atoms. The van der Waals surface area contributed by atoms with E-state index in [1.54, 1.807) is 23.7 Å². The highest BCUT2D eigenvalue weighted by Gasteiger charge is 2.32. The van der Waals surface area contributed by atoms with Crippen LogP contribution in [-0.4, -0.2) is 30.3 Å². The lowest BCUT2D eigenvalue weighted by molar-refractivity contribution is -0.141. The summed E-state index contributed by atoms with van der Waals surface area (Å²) in [6.07, 6.45) is 1.65. The van der Waals surface area contributed by atoms with Crippen LogP contribution in [0.15, 0.2) is 48.8 Å². The molecule has 1 amide bonds. The van der Waals surface area contributed by atoms with Gasteiger partial charge in [-0.1, -0.05) is 6.07 Å². The number of nitrogens with zero attached hydrogens (tertiary/aromatic N) is 5. The molecule has 5 heterocycles. The highest BCUT2D eigenvalue weighted by Crippen LogP contribution is 2.30. The Morgan fingerprint density at radius 3 is 2.66 bits per heavy atom. The van der Waals surface area contributed by atoms with Crippen LogP contribution in [0.3, 0.4) is 0 Å². The predicted molar refractivity (Wildman–Crippen MR) is 112 cm³/mol. The molecular formula is C22H21F3N6O. The van der Waals surface area contributed by atoms with Crippen molar-refractivity contribution in [3.8, 4) is 11.3 Å². The number of carbonyl (C=O) groups is 1. The summed E-state index contributed by atoms with van der Waals surface area (Å²) in [6.45, 7) is 2.61. The van der Waals surface area contributed by atoms with Crippen molar-refractivity contribution in [1.29, 1.82) is 0 Å². The van der Waals surface area contributed by atoms with E-state index < -0.39 is 17.8 Å². The van der Waals surface area contributed by atoms with Crippen molar-refractivity contribution < 1.29 is 18.0 Å². The number of primary amides is 1. The Morgan fingerprint density at radius 2 is 1.94 bits per heavy atom. The normalized spacial score (nSPS) is 13.4. The minimum atomic E-state index is -4.42. The number of nitrogens with two attached hydrogens (primary N) is 1. The van der Waals surface area contributed by atoms with Crippen LogP contribution in [0.25, 0.3) is 16.8 Å². The fraction of sp³-hybridized carbons (Fsp3) is 0.273. The first-order chi connectivity index (χ1) is 15.2. The fourth-order valence-electron chi connectivity index (χ4n) is 3.73. The lowest BCUT2D eigenvalue weighted by Gasteiger charge is -2.11. The molecule has 10 heteroatoms. The van der Waals surface area contributed by atoms with Crippen molar-refractivity contribution >= 4 is 11.4 Å². The smallest absolute Gasteiger partial charge is 0.365 e. The zero-order chi connectivity index (χ0) is 22.9. The molecule has 2 N–H and O–H groups in total. The molecule has 0 unspecified atom stereocenters. The van der Waals surface area contributed by atoms with Gasteiger partial charge in [-0.05, 0) is 56.5 Å². The first kappa shape index (κ1) is 21.5. The molecule has 166 valence electrons.